The molecule has 0 radical (unpaired) electrons. The fraction of sp³-hybridized carbons (Fsp3) is 0.0833. The third kappa shape index (κ3) is 2.79. The smallest absolute Gasteiger partial charge is 0.231 e. The van der Waals surface area contributed by atoms with Crippen molar-refractivity contribution in [1.82, 2.24) is 10.2 Å². The summed E-state index contributed by atoms with van der Waals surface area (Å²) in [4.78, 5) is 11.5. The Kier molecular flexibility index (Phi) is 3.68. The summed E-state index contributed by atoms with van der Waals surface area (Å²) in [6, 6.07) is 12.9. The zero-order chi connectivity index (χ0) is 12.3. The number of primary amides is 1. The van der Waals surface area contributed by atoms with Gasteiger partial charge in [0.1, 0.15) is 9.62 Å². The first-order chi connectivity index (χ1) is 8.18. The van der Waals surface area contributed by atoms with Crippen LogP contribution < -0.4 is 5.73 Å². The summed E-state index contributed by atoms with van der Waals surface area (Å²) < 4.78 is 0.780. The fourth-order valence-electron chi connectivity index (χ4n) is 1.61. The summed E-state index contributed by atoms with van der Waals surface area (Å²) in [6.45, 7) is 0. The molecule has 0 saturated carbocycles. The van der Waals surface area contributed by atoms with E-state index in [1.165, 1.54) is 0 Å². The molecule has 1 aromatic carbocycles. The molecule has 1 aromatic heterocycles. The second kappa shape index (κ2) is 5.22. The normalized spacial score (nSPS) is 12.1. The maximum absolute atomic E-state index is 11.5. The number of hydrogen-bond donors (Lipinski definition) is 1. The summed E-state index contributed by atoms with van der Waals surface area (Å²) in [7, 11) is 0. The third-order valence-electron chi connectivity index (χ3n) is 2.37. The average molecular weight is 339 g/mol. The minimum Gasteiger partial charge on any atom is -0.369 e. The molecule has 5 heteroatoms. The highest BCUT2D eigenvalue weighted by Gasteiger charge is 2.21. The first-order valence-electron chi connectivity index (χ1n) is 5.02. The SMILES string of the molecule is NC(=O)C(c1ccccc1)c1ccc(I)nn1. The number of carbonyl (C=O) groups excluding carboxylic acids is 1. The van der Waals surface area contributed by atoms with Crippen LogP contribution in [-0.4, -0.2) is 16.1 Å². The van der Waals surface area contributed by atoms with Crippen LogP contribution >= 0.6 is 22.6 Å². The molecule has 1 unspecified atom stereocenters. The molecule has 2 N–H and O–H groups in total. The van der Waals surface area contributed by atoms with Crippen LogP contribution in [0.5, 0.6) is 0 Å². The minimum atomic E-state index is -0.541. The van der Waals surface area contributed by atoms with E-state index in [0.717, 1.165) is 9.26 Å². The van der Waals surface area contributed by atoms with E-state index in [-0.39, 0.29) is 0 Å². The van der Waals surface area contributed by atoms with Crippen LogP contribution in [0.1, 0.15) is 17.2 Å². The van der Waals surface area contributed by atoms with E-state index in [4.69, 9.17) is 5.73 Å². The highest BCUT2D eigenvalue weighted by molar-refractivity contribution is 14.1. The number of rotatable bonds is 3. The molecule has 1 amide bonds. The number of hydrogen-bond acceptors (Lipinski definition) is 3. The Balaban J connectivity index is 2.43. The van der Waals surface area contributed by atoms with Crippen LogP contribution in [0, 0.1) is 3.70 Å². The number of amides is 1. The minimum absolute atomic E-state index is 0.424. The van der Waals surface area contributed by atoms with Gasteiger partial charge in [0, 0.05) is 0 Å². The number of aromatic nitrogens is 2. The molecule has 0 spiro atoms. The van der Waals surface area contributed by atoms with Gasteiger partial charge in [-0.15, -0.1) is 5.10 Å². The van der Waals surface area contributed by atoms with Crippen LogP contribution in [0.3, 0.4) is 0 Å². The lowest BCUT2D eigenvalue weighted by Crippen LogP contribution is -2.23. The van der Waals surface area contributed by atoms with Gasteiger partial charge >= 0.3 is 0 Å². The molecule has 2 aromatic rings. The van der Waals surface area contributed by atoms with E-state index in [1.54, 1.807) is 6.07 Å². The maximum Gasteiger partial charge on any atom is 0.231 e. The first kappa shape index (κ1) is 12.0. The van der Waals surface area contributed by atoms with Gasteiger partial charge in [-0.2, -0.15) is 5.10 Å². The quantitative estimate of drug-likeness (QED) is 0.866. The van der Waals surface area contributed by atoms with Gasteiger partial charge in [0.15, 0.2) is 0 Å². The Bertz CT molecular complexity index is 513. The van der Waals surface area contributed by atoms with Crippen LogP contribution in [0.25, 0.3) is 0 Å². The van der Waals surface area contributed by atoms with Crippen molar-refractivity contribution >= 4 is 28.5 Å². The Morgan fingerprint density at radius 3 is 2.35 bits per heavy atom. The molecular formula is C12H10IN3O. The van der Waals surface area contributed by atoms with Crippen molar-refractivity contribution in [3.05, 3.63) is 57.4 Å². The van der Waals surface area contributed by atoms with Crippen LogP contribution in [0.15, 0.2) is 42.5 Å². The molecule has 86 valence electrons. The Labute approximate surface area is 112 Å². The number of nitrogens with zero attached hydrogens (tertiary/aromatic N) is 2. The topological polar surface area (TPSA) is 68.9 Å². The predicted octanol–water partition coefficient (Wildman–Crippen LogP) is 1.70. The highest BCUT2D eigenvalue weighted by atomic mass is 127. The van der Waals surface area contributed by atoms with E-state index in [1.807, 2.05) is 36.4 Å². The summed E-state index contributed by atoms with van der Waals surface area (Å²) in [5.74, 6) is -0.965. The molecule has 4 nitrogen and oxygen atoms in total. The molecule has 1 atom stereocenters. The van der Waals surface area contributed by atoms with Gasteiger partial charge in [-0.25, -0.2) is 0 Å². The first-order valence-corrected chi connectivity index (χ1v) is 6.10. The van der Waals surface area contributed by atoms with Crippen molar-refractivity contribution in [2.45, 2.75) is 5.92 Å². The van der Waals surface area contributed by atoms with E-state index in [2.05, 4.69) is 32.8 Å². The summed E-state index contributed by atoms with van der Waals surface area (Å²) in [6.07, 6.45) is 0. The van der Waals surface area contributed by atoms with Crippen LogP contribution in [0.2, 0.25) is 0 Å². The third-order valence-corrected chi connectivity index (χ3v) is 2.94. The molecule has 0 aliphatic rings. The molecule has 17 heavy (non-hydrogen) atoms. The van der Waals surface area contributed by atoms with E-state index >= 15 is 0 Å². The second-order valence-electron chi connectivity index (χ2n) is 3.53. The van der Waals surface area contributed by atoms with Crippen molar-refractivity contribution in [1.29, 1.82) is 0 Å². The van der Waals surface area contributed by atoms with Gasteiger partial charge in [-0.3, -0.25) is 4.79 Å². The van der Waals surface area contributed by atoms with Crippen molar-refractivity contribution < 1.29 is 4.79 Å². The van der Waals surface area contributed by atoms with Gasteiger partial charge in [-0.1, -0.05) is 30.3 Å². The van der Waals surface area contributed by atoms with Gasteiger partial charge in [0.2, 0.25) is 5.91 Å². The number of nitrogens with two attached hydrogens (primary N) is 1. The predicted molar refractivity (Wildman–Crippen MR) is 72.2 cm³/mol. The lowest BCUT2D eigenvalue weighted by Gasteiger charge is -2.12. The molecule has 0 aliphatic heterocycles. The van der Waals surface area contributed by atoms with E-state index < -0.39 is 11.8 Å². The molecule has 1 heterocycles. The van der Waals surface area contributed by atoms with Crippen molar-refractivity contribution in [3.63, 3.8) is 0 Å². The Hall–Kier alpha value is -1.50. The standard InChI is InChI=1S/C12H10IN3O/c13-10-7-6-9(15-16-10)11(12(14)17)8-4-2-1-3-5-8/h1-7,11H,(H2,14,17). The zero-order valence-electron chi connectivity index (χ0n) is 8.88. The van der Waals surface area contributed by atoms with E-state index in [9.17, 15) is 4.79 Å². The number of carbonyl (C=O) groups is 1. The average Bonchev–Trinajstić information content (AvgIpc) is 2.33. The zero-order valence-corrected chi connectivity index (χ0v) is 11.0. The lowest BCUT2D eigenvalue weighted by atomic mass is 9.95. The Morgan fingerprint density at radius 2 is 1.82 bits per heavy atom. The van der Waals surface area contributed by atoms with Gasteiger partial charge in [-0.05, 0) is 40.3 Å². The maximum atomic E-state index is 11.5. The highest BCUT2D eigenvalue weighted by Crippen LogP contribution is 2.22. The van der Waals surface area contributed by atoms with Crippen molar-refractivity contribution in [2.24, 2.45) is 5.73 Å². The Morgan fingerprint density at radius 1 is 1.12 bits per heavy atom. The lowest BCUT2D eigenvalue weighted by molar-refractivity contribution is -0.118. The second-order valence-corrected chi connectivity index (χ2v) is 4.63. The van der Waals surface area contributed by atoms with Gasteiger partial charge in [0.25, 0.3) is 0 Å². The monoisotopic (exact) mass is 339 g/mol. The fourth-order valence-corrected chi connectivity index (χ4v) is 1.89. The number of halogens is 1. The van der Waals surface area contributed by atoms with Crippen molar-refractivity contribution in [3.8, 4) is 0 Å². The summed E-state index contributed by atoms with van der Waals surface area (Å²) in [5.41, 5.74) is 6.83. The molecule has 0 saturated heterocycles. The number of benzene rings is 1. The van der Waals surface area contributed by atoms with Crippen LogP contribution in [0.4, 0.5) is 0 Å². The summed E-state index contributed by atoms with van der Waals surface area (Å²) in [5, 5.41) is 7.95. The largest absolute Gasteiger partial charge is 0.369 e. The van der Waals surface area contributed by atoms with E-state index in [0.29, 0.717) is 5.69 Å². The van der Waals surface area contributed by atoms with Gasteiger partial charge < -0.3 is 5.73 Å². The van der Waals surface area contributed by atoms with Crippen LogP contribution in [-0.2, 0) is 4.79 Å². The molecule has 0 bridgehead atoms. The summed E-state index contributed by atoms with van der Waals surface area (Å²) >= 11 is 2.06. The molecular weight excluding hydrogens is 329 g/mol. The van der Waals surface area contributed by atoms with Gasteiger partial charge in [0.05, 0.1) is 5.69 Å². The molecule has 2 rings (SSSR count). The molecule has 0 aliphatic carbocycles. The van der Waals surface area contributed by atoms with Crippen molar-refractivity contribution in [2.75, 3.05) is 0 Å². The molecule has 0 fully saturated rings.